The zero-order chi connectivity index (χ0) is 8.72. The highest BCUT2D eigenvalue weighted by Gasteiger charge is 2.04. The Bertz CT molecular complexity index is 394. The third-order valence-electron chi connectivity index (χ3n) is 1.82. The number of aryl methyl sites for hydroxylation is 1. The Kier molecular flexibility index (Phi) is 1.89. The van der Waals surface area contributed by atoms with Crippen LogP contribution in [0.15, 0.2) is 22.7 Å². The Morgan fingerprint density at radius 1 is 1.42 bits per heavy atom. The van der Waals surface area contributed by atoms with Crippen molar-refractivity contribution < 1.29 is 0 Å². The highest BCUT2D eigenvalue weighted by Crippen LogP contribution is 2.29. The molecule has 1 aromatic carbocycles. The average molecular weight is 245 g/mol. The summed E-state index contributed by atoms with van der Waals surface area (Å²) in [5.74, 6) is 0. The Morgan fingerprint density at radius 3 is 2.83 bits per heavy atom. The molecule has 0 spiro atoms. The number of halogens is 2. The summed E-state index contributed by atoms with van der Waals surface area (Å²) in [5.41, 5.74) is 2.19. The molecule has 1 aromatic heterocycles. The molecule has 0 saturated heterocycles. The van der Waals surface area contributed by atoms with Gasteiger partial charge < -0.3 is 4.98 Å². The molecule has 1 N–H and O–H groups in total. The predicted octanol–water partition coefficient (Wildman–Crippen LogP) is 3.89. The zero-order valence-corrected chi connectivity index (χ0v) is 8.83. The fourth-order valence-electron chi connectivity index (χ4n) is 1.29. The third-order valence-corrected chi connectivity index (χ3v) is 2.81. The normalized spacial score (nSPS) is 10.9. The molecule has 0 unspecified atom stereocenters. The summed E-state index contributed by atoms with van der Waals surface area (Å²) in [5, 5.41) is 1.86. The van der Waals surface area contributed by atoms with Crippen molar-refractivity contribution in [2.45, 2.75) is 6.92 Å². The van der Waals surface area contributed by atoms with Crippen molar-refractivity contribution in [2.75, 3.05) is 0 Å². The van der Waals surface area contributed by atoms with Crippen LogP contribution in [-0.4, -0.2) is 4.98 Å². The summed E-state index contributed by atoms with van der Waals surface area (Å²) in [6, 6.07) is 5.88. The van der Waals surface area contributed by atoms with E-state index in [-0.39, 0.29) is 0 Å². The van der Waals surface area contributed by atoms with Crippen LogP contribution in [0.4, 0.5) is 0 Å². The number of hydrogen-bond donors (Lipinski definition) is 1. The van der Waals surface area contributed by atoms with Crippen molar-refractivity contribution in [3.05, 3.63) is 33.4 Å². The summed E-state index contributed by atoms with van der Waals surface area (Å²) in [4.78, 5) is 3.24. The first-order valence-corrected chi connectivity index (χ1v) is 4.79. The van der Waals surface area contributed by atoms with Crippen molar-refractivity contribution in [1.29, 1.82) is 0 Å². The fraction of sp³-hybridized carbons (Fsp3) is 0.111. The number of rotatable bonds is 0. The third kappa shape index (κ3) is 1.15. The van der Waals surface area contributed by atoms with Crippen molar-refractivity contribution in [3.63, 3.8) is 0 Å². The van der Waals surface area contributed by atoms with E-state index in [2.05, 4.69) is 20.9 Å². The molecule has 0 fully saturated rings. The number of fused-ring (bicyclic) bond motifs is 1. The summed E-state index contributed by atoms with van der Waals surface area (Å²) in [7, 11) is 0. The number of hydrogen-bond acceptors (Lipinski definition) is 0. The molecule has 3 heteroatoms. The van der Waals surface area contributed by atoms with Gasteiger partial charge in [-0.1, -0.05) is 11.6 Å². The van der Waals surface area contributed by atoms with E-state index in [0.717, 1.165) is 26.1 Å². The highest BCUT2D eigenvalue weighted by atomic mass is 79.9. The zero-order valence-electron chi connectivity index (χ0n) is 6.49. The van der Waals surface area contributed by atoms with E-state index in [9.17, 15) is 0 Å². The second-order valence-corrected chi connectivity index (χ2v) is 4.03. The number of aromatic amines is 1. The van der Waals surface area contributed by atoms with Crippen LogP contribution >= 0.6 is 27.5 Å². The van der Waals surface area contributed by atoms with Crippen LogP contribution in [0.2, 0.25) is 5.02 Å². The van der Waals surface area contributed by atoms with Gasteiger partial charge in [0.05, 0.1) is 10.5 Å². The van der Waals surface area contributed by atoms with Gasteiger partial charge in [0, 0.05) is 15.6 Å². The van der Waals surface area contributed by atoms with E-state index in [4.69, 9.17) is 11.6 Å². The first-order chi connectivity index (χ1) is 5.68. The molecule has 0 aliphatic carbocycles. The van der Waals surface area contributed by atoms with Crippen molar-refractivity contribution in [3.8, 4) is 0 Å². The van der Waals surface area contributed by atoms with Crippen molar-refractivity contribution in [2.24, 2.45) is 0 Å². The van der Waals surface area contributed by atoms with Gasteiger partial charge in [-0.25, -0.2) is 0 Å². The molecule has 0 aliphatic heterocycles. The van der Waals surface area contributed by atoms with Gasteiger partial charge >= 0.3 is 0 Å². The van der Waals surface area contributed by atoms with Gasteiger partial charge in [-0.05, 0) is 41.1 Å². The van der Waals surface area contributed by atoms with Crippen LogP contribution in [0.5, 0.6) is 0 Å². The molecule has 0 saturated carbocycles. The second-order valence-electron chi connectivity index (χ2n) is 2.77. The lowest BCUT2D eigenvalue weighted by atomic mass is 10.2. The Balaban J connectivity index is 2.93. The van der Waals surface area contributed by atoms with Gasteiger partial charge in [0.25, 0.3) is 0 Å². The molecule has 2 aromatic rings. The minimum absolute atomic E-state index is 0.789. The molecule has 0 aliphatic rings. The topological polar surface area (TPSA) is 15.8 Å². The molecule has 62 valence electrons. The first-order valence-electron chi connectivity index (χ1n) is 3.62. The smallest absolute Gasteiger partial charge is 0.0615 e. The monoisotopic (exact) mass is 243 g/mol. The molecule has 1 heterocycles. The van der Waals surface area contributed by atoms with Crippen LogP contribution in [0.1, 0.15) is 5.69 Å². The lowest BCUT2D eigenvalue weighted by Gasteiger charge is -1.95. The lowest BCUT2D eigenvalue weighted by Crippen LogP contribution is -1.72. The first kappa shape index (κ1) is 8.14. The molecule has 0 atom stereocenters. The summed E-state index contributed by atoms with van der Waals surface area (Å²) in [6.45, 7) is 2.02. The van der Waals surface area contributed by atoms with E-state index in [0.29, 0.717) is 0 Å². The number of benzene rings is 1. The molecular formula is C9H7BrClN. The molecular weight excluding hydrogens is 237 g/mol. The lowest BCUT2D eigenvalue weighted by molar-refractivity contribution is 1.30. The number of H-pyrrole nitrogens is 1. The van der Waals surface area contributed by atoms with Crippen molar-refractivity contribution in [1.82, 2.24) is 4.98 Å². The molecule has 0 bridgehead atoms. The van der Waals surface area contributed by atoms with E-state index < -0.39 is 0 Å². The maximum atomic E-state index is 6.00. The van der Waals surface area contributed by atoms with Gasteiger partial charge in [0.2, 0.25) is 0 Å². The maximum Gasteiger partial charge on any atom is 0.0615 e. The maximum absolute atomic E-state index is 6.00. The molecule has 1 nitrogen and oxygen atoms in total. The van der Waals surface area contributed by atoms with Gasteiger partial charge in [-0.15, -0.1) is 0 Å². The Hall–Kier alpha value is -0.470. The van der Waals surface area contributed by atoms with Crippen LogP contribution in [0, 0.1) is 6.92 Å². The van der Waals surface area contributed by atoms with E-state index in [1.807, 2.05) is 25.1 Å². The van der Waals surface area contributed by atoms with Crippen LogP contribution < -0.4 is 0 Å². The number of aromatic nitrogens is 1. The Morgan fingerprint density at radius 2 is 2.17 bits per heavy atom. The average Bonchev–Trinajstić information content (AvgIpc) is 2.41. The van der Waals surface area contributed by atoms with Gasteiger partial charge in [0.15, 0.2) is 0 Å². The summed E-state index contributed by atoms with van der Waals surface area (Å²) >= 11 is 9.46. The predicted molar refractivity (Wildman–Crippen MR) is 55.7 cm³/mol. The quantitative estimate of drug-likeness (QED) is 0.724. The van der Waals surface area contributed by atoms with E-state index >= 15 is 0 Å². The largest absolute Gasteiger partial charge is 0.358 e. The fourth-order valence-corrected chi connectivity index (χ4v) is 1.94. The van der Waals surface area contributed by atoms with Gasteiger partial charge in [0.1, 0.15) is 0 Å². The Labute approximate surface area is 83.9 Å². The van der Waals surface area contributed by atoms with Crippen LogP contribution in [-0.2, 0) is 0 Å². The van der Waals surface area contributed by atoms with Crippen LogP contribution in [0.3, 0.4) is 0 Å². The number of nitrogens with one attached hydrogen (secondary N) is 1. The minimum Gasteiger partial charge on any atom is -0.358 e. The minimum atomic E-state index is 0.789. The van der Waals surface area contributed by atoms with Gasteiger partial charge in [-0.2, -0.15) is 0 Å². The van der Waals surface area contributed by atoms with Crippen LogP contribution in [0.25, 0.3) is 10.9 Å². The molecule has 0 radical (unpaired) electrons. The van der Waals surface area contributed by atoms with Gasteiger partial charge in [-0.3, -0.25) is 0 Å². The highest BCUT2D eigenvalue weighted by molar-refractivity contribution is 9.10. The van der Waals surface area contributed by atoms with E-state index in [1.165, 1.54) is 0 Å². The second kappa shape index (κ2) is 2.79. The summed E-state index contributed by atoms with van der Waals surface area (Å²) < 4.78 is 1.05. The SMILES string of the molecule is Cc1cc2c(Cl)ccc(Br)c2[nH]1. The van der Waals surface area contributed by atoms with Crippen molar-refractivity contribution >= 4 is 38.4 Å². The molecule has 2 rings (SSSR count). The van der Waals surface area contributed by atoms with E-state index in [1.54, 1.807) is 0 Å². The standard InChI is InChI=1S/C9H7BrClN/c1-5-4-6-8(11)3-2-7(10)9(6)12-5/h2-4,12H,1H3. The summed E-state index contributed by atoms with van der Waals surface area (Å²) in [6.07, 6.45) is 0. The molecule has 12 heavy (non-hydrogen) atoms. The molecule has 0 amide bonds.